The Hall–Kier alpha value is -2.08. The van der Waals surface area contributed by atoms with Crippen LogP contribution in [0, 0.1) is 0 Å². The molecule has 0 spiro atoms. The number of piperidine rings is 1. The predicted octanol–water partition coefficient (Wildman–Crippen LogP) is 1.56. The number of para-hydroxylation sites is 2. The first-order chi connectivity index (χ1) is 12.1. The van der Waals surface area contributed by atoms with Gasteiger partial charge in [0.25, 0.3) is 0 Å². The maximum Gasteiger partial charge on any atom is 0.329 e. The first-order valence-corrected chi connectivity index (χ1v) is 9.28. The maximum atomic E-state index is 12.9. The lowest BCUT2D eigenvalue weighted by Crippen LogP contribution is -2.49. The summed E-state index contributed by atoms with van der Waals surface area (Å²) < 4.78 is 3.35. The zero-order valence-corrected chi connectivity index (χ0v) is 14.9. The molecule has 1 aromatic heterocycles. The molecule has 134 valence electrons. The van der Waals surface area contributed by atoms with Crippen LogP contribution in [0.3, 0.4) is 0 Å². The fourth-order valence-corrected chi connectivity index (χ4v) is 4.52. The lowest BCUT2D eigenvalue weighted by atomic mass is 9.98. The van der Waals surface area contributed by atoms with Gasteiger partial charge in [0.15, 0.2) is 0 Å². The summed E-state index contributed by atoms with van der Waals surface area (Å²) in [6.45, 7) is 2.67. The Labute approximate surface area is 147 Å². The molecule has 1 N–H and O–H groups in total. The fourth-order valence-electron chi connectivity index (χ4n) is 4.52. The van der Waals surface area contributed by atoms with Crippen molar-refractivity contribution in [1.29, 1.82) is 0 Å². The van der Waals surface area contributed by atoms with Crippen LogP contribution in [0.15, 0.2) is 29.1 Å². The summed E-state index contributed by atoms with van der Waals surface area (Å²) in [5, 5.41) is 3.61. The minimum absolute atomic E-state index is 0.0207. The van der Waals surface area contributed by atoms with E-state index in [1.165, 1.54) is 12.8 Å². The third-order valence-corrected chi connectivity index (χ3v) is 5.92. The molecule has 0 radical (unpaired) electrons. The first kappa shape index (κ1) is 16.4. The van der Waals surface area contributed by atoms with Gasteiger partial charge in [0.05, 0.1) is 11.0 Å². The van der Waals surface area contributed by atoms with Gasteiger partial charge in [-0.25, -0.2) is 4.79 Å². The quantitative estimate of drug-likeness (QED) is 0.917. The molecule has 25 heavy (non-hydrogen) atoms. The largest absolute Gasteiger partial charge is 0.341 e. The second kappa shape index (κ2) is 6.33. The second-order valence-electron chi connectivity index (χ2n) is 7.37. The average molecular weight is 342 g/mol. The van der Waals surface area contributed by atoms with Gasteiger partial charge in [0.1, 0.15) is 6.54 Å². The minimum Gasteiger partial charge on any atom is -0.341 e. The van der Waals surface area contributed by atoms with Gasteiger partial charge >= 0.3 is 5.69 Å². The second-order valence-corrected chi connectivity index (χ2v) is 7.37. The van der Waals surface area contributed by atoms with E-state index < -0.39 is 0 Å². The highest BCUT2D eigenvalue weighted by atomic mass is 16.2. The molecular weight excluding hydrogens is 316 g/mol. The van der Waals surface area contributed by atoms with Gasteiger partial charge < -0.3 is 10.2 Å². The summed E-state index contributed by atoms with van der Waals surface area (Å²) in [6, 6.07) is 9.07. The highest BCUT2D eigenvalue weighted by Crippen LogP contribution is 2.29. The molecule has 2 atom stereocenters. The Kier molecular flexibility index (Phi) is 4.15. The molecule has 0 saturated carbocycles. The van der Waals surface area contributed by atoms with E-state index in [0.29, 0.717) is 18.6 Å². The van der Waals surface area contributed by atoms with Crippen LogP contribution >= 0.6 is 0 Å². The number of nitrogens with zero attached hydrogens (tertiary/aromatic N) is 3. The summed E-state index contributed by atoms with van der Waals surface area (Å²) >= 11 is 0. The number of benzene rings is 1. The van der Waals surface area contributed by atoms with E-state index in [1.807, 2.05) is 43.1 Å². The zero-order chi connectivity index (χ0) is 17.6. The predicted molar refractivity (Wildman–Crippen MR) is 97.6 cm³/mol. The minimum atomic E-state index is -0.101. The van der Waals surface area contributed by atoms with Crippen LogP contribution in [0.2, 0.25) is 0 Å². The zero-order valence-electron chi connectivity index (χ0n) is 14.9. The molecule has 2 aliphatic heterocycles. The van der Waals surface area contributed by atoms with Crippen LogP contribution in [-0.4, -0.2) is 45.1 Å². The van der Waals surface area contributed by atoms with Gasteiger partial charge in [-0.1, -0.05) is 12.1 Å². The molecule has 2 unspecified atom stereocenters. The third kappa shape index (κ3) is 2.78. The van der Waals surface area contributed by atoms with Crippen molar-refractivity contribution in [2.75, 3.05) is 7.05 Å². The number of hydrogen-bond donors (Lipinski definition) is 1. The van der Waals surface area contributed by atoms with E-state index in [0.717, 1.165) is 23.9 Å². The Morgan fingerprint density at radius 2 is 1.76 bits per heavy atom. The molecule has 2 saturated heterocycles. The van der Waals surface area contributed by atoms with Gasteiger partial charge in [0, 0.05) is 31.7 Å². The van der Waals surface area contributed by atoms with Crippen molar-refractivity contribution in [1.82, 2.24) is 19.4 Å². The SMILES string of the molecule is CCn1c(=O)n(CC(=O)N(C)C2CC3CCC(C2)N3)c2ccccc21. The first-order valence-electron chi connectivity index (χ1n) is 9.28. The van der Waals surface area contributed by atoms with Crippen LogP contribution < -0.4 is 11.0 Å². The molecule has 2 bridgehead atoms. The Morgan fingerprint density at radius 3 is 2.36 bits per heavy atom. The van der Waals surface area contributed by atoms with Gasteiger partial charge in [0.2, 0.25) is 5.91 Å². The number of aromatic nitrogens is 2. The summed E-state index contributed by atoms with van der Waals surface area (Å²) in [6.07, 6.45) is 4.47. The smallest absolute Gasteiger partial charge is 0.329 e. The molecule has 6 nitrogen and oxygen atoms in total. The van der Waals surface area contributed by atoms with Crippen LogP contribution in [0.25, 0.3) is 11.0 Å². The number of fused-ring (bicyclic) bond motifs is 3. The van der Waals surface area contributed by atoms with E-state index >= 15 is 0 Å². The van der Waals surface area contributed by atoms with E-state index in [4.69, 9.17) is 0 Å². The van der Waals surface area contributed by atoms with Crippen molar-refractivity contribution in [2.45, 2.75) is 63.8 Å². The number of aryl methyl sites for hydroxylation is 1. The Balaban J connectivity index is 1.58. The summed E-state index contributed by atoms with van der Waals surface area (Å²) in [4.78, 5) is 27.5. The van der Waals surface area contributed by atoms with Gasteiger partial charge in [-0.3, -0.25) is 13.9 Å². The van der Waals surface area contributed by atoms with Gasteiger partial charge in [-0.15, -0.1) is 0 Å². The normalized spacial score (nSPS) is 25.4. The number of carbonyl (C=O) groups is 1. The maximum absolute atomic E-state index is 12.9. The summed E-state index contributed by atoms with van der Waals surface area (Å²) in [7, 11) is 1.89. The number of nitrogens with one attached hydrogen (secondary N) is 1. The van der Waals surface area contributed by atoms with Crippen molar-refractivity contribution < 1.29 is 4.79 Å². The van der Waals surface area contributed by atoms with Crippen molar-refractivity contribution in [3.63, 3.8) is 0 Å². The van der Waals surface area contributed by atoms with Gasteiger partial charge in [-0.2, -0.15) is 0 Å². The number of amides is 1. The molecule has 6 heteroatoms. The molecule has 2 aromatic rings. The Bertz CT molecular complexity index is 841. The summed E-state index contributed by atoms with van der Waals surface area (Å²) in [5.74, 6) is 0.0207. The van der Waals surface area contributed by atoms with Crippen LogP contribution in [0.1, 0.15) is 32.6 Å². The molecule has 4 rings (SSSR count). The van der Waals surface area contributed by atoms with Crippen LogP contribution in [-0.2, 0) is 17.9 Å². The van der Waals surface area contributed by atoms with E-state index in [-0.39, 0.29) is 24.2 Å². The number of imidazole rings is 1. The summed E-state index contributed by atoms with van der Waals surface area (Å²) in [5.41, 5.74) is 1.63. The molecular formula is C19H26N4O2. The van der Waals surface area contributed by atoms with Gasteiger partial charge in [-0.05, 0) is 44.7 Å². The molecule has 3 heterocycles. The molecule has 2 fully saturated rings. The van der Waals surface area contributed by atoms with Crippen molar-refractivity contribution >= 4 is 16.9 Å². The van der Waals surface area contributed by atoms with Crippen LogP contribution in [0.4, 0.5) is 0 Å². The average Bonchev–Trinajstić information content (AvgIpc) is 3.10. The molecule has 2 aliphatic rings. The van der Waals surface area contributed by atoms with Crippen molar-refractivity contribution in [2.24, 2.45) is 0 Å². The van der Waals surface area contributed by atoms with Crippen molar-refractivity contribution in [3.8, 4) is 0 Å². The highest BCUT2D eigenvalue weighted by molar-refractivity contribution is 5.81. The topological polar surface area (TPSA) is 59.3 Å². The number of carbonyl (C=O) groups excluding carboxylic acids is 1. The number of likely N-dealkylation sites (N-methyl/N-ethyl adjacent to an activating group) is 1. The third-order valence-electron chi connectivity index (χ3n) is 5.92. The number of rotatable bonds is 4. The monoisotopic (exact) mass is 342 g/mol. The Morgan fingerprint density at radius 1 is 1.16 bits per heavy atom. The highest BCUT2D eigenvalue weighted by Gasteiger charge is 2.36. The lowest BCUT2D eigenvalue weighted by Gasteiger charge is -2.35. The standard InChI is InChI=1S/C19H26N4O2/c1-3-22-16-6-4-5-7-17(16)23(19(22)25)12-18(24)21(2)15-10-13-8-9-14(11-15)20-13/h4-7,13-15,20H,3,8-12H2,1-2H3. The number of hydrogen-bond acceptors (Lipinski definition) is 3. The van der Waals surface area contributed by atoms with Crippen molar-refractivity contribution in [3.05, 3.63) is 34.7 Å². The van der Waals surface area contributed by atoms with E-state index in [9.17, 15) is 9.59 Å². The molecule has 1 aromatic carbocycles. The lowest BCUT2D eigenvalue weighted by molar-refractivity contribution is -0.133. The van der Waals surface area contributed by atoms with Crippen LogP contribution in [0.5, 0.6) is 0 Å². The fraction of sp³-hybridized carbons (Fsp3) is 0.579. The van der Waals surface area contributed by atoms with E-state index in [1.54, 1.807) is 9.13 Å². The molecule has 0 aliphatic carbocycles. The molecule has 1 amide bonds. The van der Waals surface area contributed by atoms with E-state index in [2.05, 4.69) is 5.32 Å².